The highest BCUT2D eigenvalue weighted by Gasteiger charge is 2.40. The Kier molecular flexibility index (Phi) is 3.89. The molecule has 2 aliphatic rings. The fraction of sp³-hybridized carbons (Fsp3) is 0.350. The van der Waals surface area contributed by atoms with Crippen molar-refractivity contribution < 1.29 is 9.53 Å². The SMILES string of the molecule is COc1cccc(NC(=O)C2Cc3ccccc3N3CCCC23)c1. The van der Waals surface area contributed by atoms with Crippen molar-refractivity contribution in [2.24, 2.45) is 5.92 Å². The molecule has 2 unspecified atom stereocenters. The number of rotatable bonds is 3. The van der Waals surface area contributed by atoms with Gasteiger partial charge in [-0.3, -0.25) is 4.79 Å². The molecule has 1 saturated heterocycles. The minimum Gasteiger partial charge on any atom is -0.497 e. The van der Waals surface area contributed by atoms with Crippen LogP contribution in [0.1, 0.15) is 18.4 Å². The van der Waals surface area contributed by atoms with Crippen LogP contribution in [0.4, 0.5) is 11.4 Å². The van der Waals surface area contributed by atoms with Crippen molar-refractivity contribution in [1.82, 2.24) is 0 Å². The van der Waals surface area contributed by atoms with Gasteiger partial charge < -0.3 is 15.0 Å². The van der Waals surface area contributed by atoms with Crippen molar-refractivity contribution in [2.45, 2.75) is 25.3 Å². The molecule has 1 N–H and O–H groups in total. The summed E-state index contributed by atoms with van der Waals surface area (Å²) in [7, 11) is 1.63. The minimum atomic E-state index is -0.00592. The van der Waals surface area contributed by atoms with E-state index in [4.69, 9.17) is 4.74 Å². The Morgan fingerprint density at radius 1 is 1.21 bits per heavy atom. The largest absolute Gasteiger partial charge is 0.497 e. The maximum atomic E-state index is 12.9. The Balaban J connectivity index is 1.58. The molecule has 2 atom stereocenters. The number of carbonyl (C=O) groups excluding carboxylic acids is 1. The Labute approximate surface area is 142 Å². The third-order valence-electron chi connectivity index (χ3n) is 5.18. The topological polar surface area (TPSA) is 41.6 Å². The zero-order chi connectivity index (χ0) is 16.5. The molecule has 4 rings (SSSR count). The summed E-state index contributed by atoms with van der Waals surface area (Å²) in [5, 5.41) is 3.08. The number of amides is 1. The Hall–Kier alpha value is -2.49. The Morgan fingerprint density at radius 2 is 2.08 bits per heavy atom. The van der Waals surface area contributed by atoms with Crippen molar-refractivity contribution in [3.05, 3.63) is 54.1 Å². The molecular formula is C20H22N2O2. The van der Waals surface area contributed by atoms with Crippen molar-refractivity contribution >= 4 is 17.3 Å². The molecule has 124 valence electrons. The van der Waals surface area contributed by atoms with Crippen LogP contribution in [0, 0.1) is 5.92 Å². The monoisotopic (exact) mass is 322 g/mol. The normalized spacial score (nSPS) is 21.8. The van der Waals surface area contributed by atoms with Crippen LogP contribution in [0.25, 0.3) is 0 Å². The maximum absolute atomic E-state index is 12.9. The molecule has 0 spiro atoms. The fourth-order valence-corrected chi connectivity index (χ4v) is 4.05. The summed E-state index contributed by atoms with van der Waals surface area (Å²) < 4.78 is 5.24. The molecule has 24 heavy (non-hydrogen) atoms. The van der Waals surface area contributed by atoms with E-state index in [2.05, 4.69) is 34.5 Å². The van der Waals surface area contributed by atoms with E-state index < -0.39 is 0 Å². The highest BCUT2D eigenvalue weighted by atomic mass is 16.5. The zero-order valence-electron chi connectivity index (χ0n) is 13.9. The first kappa shape index (κ1) is 15.1. The predicted molar refractivity (Wildman–Crippen MR) is 95.6 cm³/mol. The number of anilines is 2. The van der Waals surface area contributed by atoms with Crippen LogP contribution >= 0.6 is 0 Å². The molecule has 4 heteroatoms. The minimum absolute atomic E-state index is 0.00592. The van der Waals surface area contributed by atoms with Crippen molar-refractivity contribution in [2.75, 3.05) is 23.9 Å². The Morgan fingerprint density at radius 3 is 2.96 bits per heavy atom. The molecule has 0 radical (unpaired) electrons. The van der Waals surface area contributed by atoms with E-state index in [1.807, 2.05) is 24.3 Å². The van der Waals surface area contributed by atoms with Gasteiger partial charge in [-0.2, -0.15) is 0 Å². The van der Waals surface area contributed by atoms with E-state index in [0.717, 1.165) is 37.2 Å². The molecule has 2 aliphatic heterocycles. The molecule has 2 heterocycles. The maximum Gasteiger partial charge on any atom is 0.229 e. The Bertz CT molecular complexity index is 759. The standard InChI is InChI=1S/C20H22N2O2/c1-24-16-8-4-7-15(13-16)21-20(23)17-12-14-6-2-3-9-18(14)22-11-5-10-19(17)22/h2-4,6-9,13,17,19H,5,10-12H2,1H3,(H,21,23). The average molecular weight is 322 g/mol. The molecule has 0 bridgehead atoms. The summed E-state index contributed by atoms with van der Waals surface area (Å²) in [5.41, 5.74) is 3.38. The fourth-order valence-electron chi connectivity index (χ4n) is 4.05. The van der Waals surface area contributed by atoms with Gasteiger partial charge in [-0.15, -0.1) is 0 Å². The van der Waals surface area contributed by atoms with E-state index in [9.17, 15) is 4.79 Å². The molecular weight excluding hydrogens is 300 g/mol. The van der Waals surface area contributed by atoms with E-state index in [1.54, 1.807) is 7.11 Å². The average Bonchev–Trinajstić information content (AvgIpc) is 3.11. The lowest BCUT2D eigenvalue weighted by atomic mass is 9.85. The third kappa shape index (κ3) is 2.62. The molecule has 0 aliphatic carbocycles. The van der Waals surface area contributed by atoms with Crippen LogP contribution in [0.2, 0.25) is 0 Å². The van der Waals surface area contributed by atoms with E-state index >= 15 is 0 Å². The number of methoxy groups -OCH3 is 1. The lowest BCUT2D eigenvalue weighted by molar-refractivity contribution is -0.120. The lowest BCUT2D eigenvalue weighted by Gasteiger charge is -2.38. The van der Waals surface area contributed by atoms with E-state index in [-0.39, 0.29) is 11.8 Å². The van der Waals surface area contributed by atoms with Crippen molar-refractivity contribution in [1.29, 1.82) is 0 Å². The highest BCUT2D eigenvalue weighted by Crippen LogP contribution is 2.39. The quantitative estimate of drug-likeness (QED) is 0.941. The van der Waals surface area contributed by atoms with Gasteiger partial charge in [0, 0.05) is 30.0 Å². The molecule has 0 saturated carbocycles. The number of carbonyl (C=O) groups is 1. The number of nitrogens with zero attached hydrogens (tertiary/aromatic N) is 1. The van der Waals surface area contributed by atoms with Crippen LogP contribution in [0.3, 0.4) is 0 Å². The summed E-state index contributed by atoms with van der Waals surface area (Å²) in [5.74, 6) is 0.854. The lowest BCUT2D eigenvalue weighted by Crippen LogP contribution is -2.46. The van der Waals surface area contributed by atoms with Crippen LogP contribution in [0.5, 0.6) is 5.75 Å². The molecule has 4 nitrogen and oxygen atoms in total. The number of hydrogen-bond donors (Lipinski definition) is 1. The number of benzene rings is 2. The van der Waals surface area contributed by atoms with Crippen molar-refractivity contribution in [3.8, 4) is 5.75 Å². The van der Waals surface area contributed by atoms with Gasteiger partial charge in [-0.05, 0) is 43.0 Å². The number of fused-ring (bicyclic) bond motifs is 3. The molecule has 1 amide bonds. The van der Waals surface area contributed by atoms with Gasteiger partial charge in [0.1, 0.15) is 5.75 Å². The second-order valence-corrected chi connectivity index (χ2v) is 6.56. The van der Waals surface area contributed by atoms with Crippen LogP contribution in [-0.4, -0.2) is 25.6 Å². The summed E-state index contributed by atoms with van der Waals surface area (Å²) >= 11 is 0. The predicted octanol–water partition coefficient (Wildman–Crippen LogP) is 3.48. The first-order valence-electron chi connectivity index (χ1n) is 8.56. The van der Waals surface area contributed by atoms with Crippen LogP contribution < -0.4 is 15.0 Å². The number of nitrogens with one attached hydrogen (secondary N) is 1. The summed E-state index contributed by atoms with van der Waals surface area (Å²) in [4.78, 5) is 15.4. The molecule has 0 aromatic heterocycles. The van der Waals surface area contributed by atoms with E-state index in [1.165, 1.54) is 11.3 Å². The van der Waals surface area contributed by atoms with Gasteiger partial charge in [0.2, 0.25) is 5.91 Å². The summed E-state index contributed by atoms with van der Waals surface area (Å²) in [6.45, 7) is 1.05. The van der Waals surface area contributed by atoms with Crippen LogP contribution in [-0.2, 0) is 11.2 Å². The summed E-state index contributed by atoms with van der Waals surface area (Å²) in [6.07, 6.45) is 3.06. The first-order valence-corrected chi connectivity index (χ1v) is 8.56. The van der Waals surface area contributed by atoms with E-state index in [0.29, 0.717) is 6.04 Å². The van der Waals surface area contributed by atoms with Gasteiger partial charge in [0.05, 0.1) is 13.0 Å². The highest BCUT2D eigenvalue weighted by molar-refractivity contribution is 5.94. The van der Waals surface area contributed by atoms with Gasteiger partial charge >= 0.3 is 0 Å². The molecule has 2 aromatic carbocycles. The third-order valence-corrected chi connectivity index (χ3v) is 5.18. The molecule has 2 aromatic rings. The van der Waals surface area contributed by atoms with Gasteiger partial charge in [-0.25, -0.2) is 0 Å². The zero-order valence-corrected chi connectivity index (χ0v) is 13.9. The van der Waals surface area contributed by atoms with Crippen LogP contribution in [0.15, 0.2) is 48.5 Å². The van der Waals surface area contributed by atoms with Gasteiger partial charge in [0.15, 0.2) is 0 Å². The molecule has 1 fully saturated rings. The van der Waals surface area contributed by atoms with Gasteiger partial charge in [-0.1, -0.05) is 24.3 Å². The van der Waals surface area contributed by atoms with Crippen molar-refractivity contribution in [3.63, 3.8) is 0 Å². The van der Waals surface area contributed by atoms with Gasteiger partial charge in [0.25, 0.3) is 0 Å². The number of ether oxygens (including phenoxy) is 1. The summed E-state index contributed by atoms with van der Waals surface area (Å²) in [6, 6.07) is 16.3. The smallest absolute Gasteiger partial charge is 0.229 e. The number of para-hydroxylation sites is 1. The first-order chi connectivity index (χ1) is 11.8. The second kappa shape index (κ2) is 6.19. The second-order valence-electron chi connectivity index (χ2n) is 6.56. The number of hydrogen-bond acceptors (Lipinski definition) is 3.